The Morgan fingerprint density at radius 2 is 2.21 bits per heavy atom. The SMILES string of the molecule is CN=C(NCCn1cc(C)cn1)N1CCOC(C2CCCO2)C1.I. The molecule has 1 aromatic heterocycles. The summed E-state index contributed by atoms with van der Waals surface area (Å²) in [5.41, 5.74) is 1.18. The maximum Gasteiger partial charge on any atom is 0.193 e. The van der Waals surface area contributed by atoms with Crippen LogP contribution in [0.25, 0.3) is 0 Å². The van der Waals surface area contributed by atoms with Crippen molar-refractivity contribution in [2.24, 2.45) is 4.99 Å². The summed E-state index contributed by atoms with van der Waals surface area (Å²) in [4.78, 5) is 6.68. The third-order valence-electron chi connectivity index (χ3n) is 4.37. The first-order valence-corrected chi connectivity index (χ1v) is 8.44. The molecule has 7 nitrogen and oxygen atoms in total. The lowest BCUT2D eigenvalue weighted by molar-refractivity contribution is -0.0816. The molecule has 1 aromatic rings. The first-order chi connectivity index (χ1) is 11.3. The van der Waals surface area contributed by atoms with Gasteiger partial charge in [-0.1, -0.05) is 0 Å². The molecular weight excluding hydrogens is 421 g/mol. The van der Waals surface area contributed by atoms with Crippen LogP contribution >= 0.6 is 24.0 Å². The predicted octanol–water partition coefficient (Wildman–Crippen LogP) is 1.26. The van der Waals surface area contributed by atoms with Crippen molar-refractivity contribution in [3.05, 3.63) is 18.0 Å². The van der Waals surface area contributed by atoms with Gasteiger partial charge in [0, 0.05) is 39.5 Å². The number of halogens is 1. The van der Waals surface area contributed by atoms with Gasteiger partial charge in [-0.3, -0.25) is 9.67 Å². The molecule has 0 amide bonds. The topological polar surface area (TPSA) is 63.9 Å². The molecule has 0 aromatic carbocycles. The molecule has 2 aliphatic rings. The van der Waals surface area contributed by atoms with Crippen LogP contribution in [0.2, 0.25) is 0 Å². The average molecular weight is 449 g/mol. The van der Waals surface area contributed by atoms with Crippen LogP contribution in [-0.2, 0) is 16.0 Å². The summed E-state index contributed by atoms with van der Waals surface area (Å²) >= 11 is 0. The molecule has 3 heterocycles. The van der Waals surface area contributed by atoms with Crippen LogP contribution < -0.4 is 5.32 Å². The zero-order chi connectivity index (χ0) is 16.1. The van der Waals surface area contributed by atoms with Gasteiger partial charge in [0.15, 0.2) is 5.96 Å². The van der Waals surface area contributed by atoms with Crippen LogP contribution in [0.3, 0.4) is 0 Å². The van der Waals surface area contributed by atoms with E-state index in [9.17, 15) is 0 Å². The molecule has 0 aliphatic carbocycles. The standard InChI is InChI=1S/C16H27N5O2.HI/c1-13-10-19-21(11-13)6-5-18-16(17-2)20-7-9-23-15(12-20)14-4-3-8-22-14;/h10-11,14-15H,3-9,12H2,1-2H3,(H,17,18);1H. The minimum Gasteiger partial charge on any atom is -0.375 e. The number of guanidine groups is 1. The van der Waals surface area contributed by atoms with E-state index in [-0.39, 0.29) is 36.2 Å². The first kappa shape index (κ1) is 19.5. The molecule has 2 aliphatic heterocycles. The van der Waals surface area contributed by atoms with E-state index in [2.05, 4.69) is 27.2 Å². The van der Waals surface area contributed by atoms with Gasteiger partial charge in [-0.2, -0.15) is 5.10 Å². The Hall–Kier alpha value is -0.870. The van der Waals surface area contributed by atoms with Gasteiger partial charge in [0.05, 0.1) is 25.5 Å². The van der Waals surface area contributed by atoms with Crippen molar-refractivity contribution in [1.29, 1.82) is 0 Å². The van der Waals surface area contributed by atoms with Crippen LogP contribution in [0.5, 0.6) is 0 Å². The largest absolute Gasteiger partial charge is 0.375 e. The Balaban J connectivity index is 0.00000208. The normalized spacial score (nSPS) is 24.8. The van der Waals surface area contributed by atoms with E-state index in [1.54, 1.807) is 0 Å². The number of hydrogen-bond donors (Lipinski definition) is 1. The van der Waals surface area contributed by atoms with Gasteiger partial charge in [0.2, 0.25) is 0 Å². The lowest BCUT2D eigenvalue weighted by Crippen LogP contribution is -2.53. The fraction of sp³-hybridized carbons (Fsp3) is 0.750. The first-order valence-electron chi connectivity index (χ1n) is 8.44. The van der Waals surface area contributed by atoms with Crippen LogP contribution in [0.15, 0.2) is 17.4 Å². The Morgan fingerprint density at radius 1 is 1.38 bits per heavy atom. The van der Waals surface area contributed by atoms with Crippen LogP contribution in [-0.4, -0.2) is 72.7 Å². The van der Waals surface area contributed by atoms with Gasteiger partial charge in [-0.05, 0) is 25.3 Å². The van der Waals surface area contributed by atoms with E-state index in [4.69, 9.17) is 9.47 Å². The Morgan fingerprint density at radius 3 is 2.88 bits per heavy atom. The number of aliphatic imine (C=N–C) groups is 1. The fourth-order valence-electron chi connectivity index (χ4n) is 3.19. The van der Waals surface area contributed by atoms with Crippen molar-refractivity contribution >= 4 is 29.9 Å². The maximum absolute atomic E-state index is 5.90. The fourth-order valence-corrected chi connectivity index (χ4v) is 3.19. The zero-order valence-corrected chi connectivity index (χ0v) is 16.8. The third kappa shape index (κ3) is 5.06. The number of nitrogens with one attached hydrogen (secondary N) is 1. The van der Waals surface area contributed by atoms with E-state index in [1.165, 1.54) is 5.56 Å². The highest BCUT2D eigenvalue weighted by Gasteiger charge is 2.32. The van der Waals surface area contributed by atoms with Crippen molar-refractivity contribution in [1.82, 2.24) is 20.0 Å². The highest BCUT2D eigenvalue weighted by Crippen LogP contribution is 2.20. The maximum atomic E-state index is 5.90. The lowest BCUT2D eigenvalue weighted by atomic mass is 10.1. The molecule has 24 heavy (non-hydrogen) atoms. The summed E-state index contributed by atoms with van der Waals surface area (Å²) in [5.74, 6) is 0.931. The van der Waals surface area contributed by atoms with Crippen LogP contribution in [0.4, 0.5) is 0 Å². The number of morpholine rings is 1. The van der Waals surface area contributed by atoms with Crippen molar-refractivity contribution in [2.75, 3.05) is 39.9 Å². The quantitative estimate of drug-likeness (QED) is 0.426. The highest BCUT2D eigenvalue weighted by molar-refractivity contribution is 14.0. The number of aromatic nitrogens is 2. The van der Waals surface area contributed by atoms with Crippen LogP contribution in [0.1, 0.15) is 18.4 Å². The van der Waals surface area contributed by atoms with Gasteiger partial charge in [-0.25, -0.2) is 0 Å². The molecular formula is C16H28IN5O2. The van der Waals surface area contributed by atoms with E-state index in [1.807, 2.05) is 24.1 Å². The molecule has 0 saturated carbocycles. The molecule has 1 N–H and O–H groups in total. The minimum absolute atomic E-state index is 0. The monoisotopic (exact) mass is 449 g/mol. The van der Waals surface area contributed by atoms with Gasteiger partial charge in [0.1, 0.15) is 6.10 Å². The minimum atomic E-state index is 0. The number of rotatable bonds is 4. The summed E-state index contributed by atoms with van der Waals surface area (Å²) in [6, 6.07) is 0. The highest BCUT2D eigenvalue weighted by atomic mass is 127. The summed E-state index contributed by atoms with van der Waals surface area (Å²) in [5, 5.41) is 7.73. The van der Waals surface area contributed by atoms with Crippen molar-refractivity contribution in [3.8, 4) is 0 Å². The van der Waals surface area contributed by atoms with Crippen molar-refractivity contribution < 1.29 is 9.47 Å². The van der Waals surface area contributed by atoms with Gasteiger partial charge >= 0.3 is 0 Å². The summed E-state index contributed by atoms with van der Waals surface area (Å²) in [6.45, 7) is 6.97. The molecule has 0 bridgehead atoms. The van der Waals surface area contributed by atoms with E-state index >= 15 is 0 Å². The van der Waals surface area contributed by atoms with E-state index in [0.717, 1.165) is 58.2 Å². The molecule has 0 spiro atoms. The number of nitrogens with zero attached hydrogens (tertiary/aromatic N) is 4. The van der Waals surface area contributed by atoms with E-state index in [0.29, 0.717) is 0 Å². The second kappa shape index (κ2) is 9.57. The Labute approximate surface area is 160 Å². The smallest absolute Gasteiger partial charge is 0.193 e. The Kier molecular flexibility index (Phi) is 7.76. The zero-order valence-electron chi connectivity index (χ0n) is 14.5. The Bertz CT molecular complexity index is 530. The summed E-state index contributed by atoms with van der Waals surface area (Å²) in [7, 11) is 1.83. The number of aryl methyl sites for hydroxylation is 1. The molecule has 3 rings (SSSR count). The molecule has 0 radical (unpaired) electrons. The predicted molar refractivity (Wildman–Crippen MR) is 104 cm³/mol. The molecule has 136 valence electrons. The van der Waals surface area contributed by atoms with Gasteiger partial charge in [-0.15, -0.1) is 24.0 Å². The van der Waals surface area contributed by atoms with Crippen molar-refractivity contribution in [2.45, 2.75) is 38.5 Å². The van der Waals surface area contributed by atoms with Crippen LogP contribution in [0, 0.1) is 6.92 Å². The summed E-state index contributed by atoms with van der Waals surface area (Å²) in [6.07, 6.45) is 6.56. The molecule has 8 heteroatoms. The van der Waals surface area contributed by atoms with Crippen molar-refractivity contribution in [3.63, 3.8) is 0 Å². The number of hydrogen-bond acceptors (Lipinski definition) is 4. The third-order valence-corrected chi connectivity index (χ3v) is 4.37. The second-order valence-corrected chi connectivity index (χ2v) is 6.16. The lowest BCUT2D eigenvalue weighted by Gasteiger charge is -2.37. The molecule has 2 atom stereocenters. The number of ether oxygens (including phenoxy) is 2. The molecule has 2 saturated heterocycles. The molecule has 2 fully saturated rings. The summed E-state index contributed by atoms with van der Waals surface area (Å²) < 4.78 is 13.6. The van der Waals surface area contributed by atoms with E-state index < -0.39 is 0 Å². The second-order valence-electron chi connectivity index (χ2n) is 6.16. The van der Waals surface area contributed by atoms with Gasteiger partial charge in [0.25, 0.3) is 0 Å². The average Bonchev–Trinajstić information content (AvgIpc) is 3.23. The van der Waals surface area contributed by atoms with Gasteiger partial charge < -0.3 is 19.7 Å². The molecule has 2 unspecified atom stereocenters.